The van der Waals surface area contributed by atoms with Crippen LogP contribution in [0.1, 0.15) is 44.2 Å². The minimum absolute atomic E-state index is 0.202. The van der Waals surface area contributed by atoms with E-state index in [-0.39, 0.29) is 5.41 Å². The van der Waals surface area contributed by atoms with E-state index in [2.05, 4.69) is 74.5 Å². The summed E-state index contributed by atoms with van der Waals surface area (Å²) in [4.78, 5) is 0. The molecule has 0 spiro atoms. The van der Waals surface area contributed by atoms with Crippen LogP contribution in [0, 0.1) is 11.8 Å². The fourth-order valence-corrected chi connectivity index (χ4v) is 5.10. The zero-order valence-electron chi connectivity index (χ0n) is 13.5. The Morgan fingerprint density at radius 1 is 0.864 bits per heavy atom. The predicted octanol–water partition coefficient (Wildman–Crippen LogP) is 5.85. The highest BCUT2D eigenvalue weighted by Crippen LogP contribution is 2.60. The van der Waals surface area contributed by atoms with Gasteiger partial charge >= 0.3 is 0 Å². The third-order valence-corrected chi connectivity index (χ3v) is 6.27. The molecule has 4 rings (SSSR count). The summed E-state index contributed by atoms with van der Waals surface area (Å²) >= 11 is 0. The zero-order chi connectivity index (χ0) is 15.2. The third kappa shape index (κ3) is 1.83. The lowest BCUT2D eigenvalue weighted by atomic mass is 9.69. The van der Waals surface area contributed by atoms with Gasteiger partial charge in [0.05, 0.1) is 0 Å². The second-order valence-corrected chi connectivity index (χ2v) is 7.12. The van der Waals surface area contributed by atoms with Crippen molar-refractivity contribution < 1.29 is 0 Å². The van der Waals surface area contributed by atoms with Crippen molar-refractivity contribution in [3.63, 3.8) is 0 Å². The van der Waals surface area contributed by atoms with Gasteiger partial charge in [0.1, 0.15) is 0 Å². The van der Waals surface area contributed by atoms with Crippen molar-refractivity contribution in [1.82, 2.24) is 0 Å². The van der Waals surface area contributed by atoms with Crippen molar-refractivity contribution in [2.24, 2.45) is 11.8 Å². The third-order valence-electron chi connectivity index (χ3n) is 6.27. The number of hydrogen-bond acceptors (Lipinski definition) is 0. The Labute approximate surface area is 133 Å². The van der Waals surface area contributed by atoms with E-state index in [0.717, 1.165) is 11.8 Å². The largest absolute Gasteiger partial charge is 0.0622 e. The van der Waals surface area contributed by atoms with Crippen LogP contribution >= 0.6 is 0 Å². The average Bonchev–Trinajstić information content (AvgIpc) is 3.12. The van der Waals surface area contributed by atoms with Crippen molar-refractivity contribution in [2.75, 3.05) is 0 Å². The van der Waals surface area contributed by atoms with E-state index in [4.69, 9.17) is 0 Å². The predicted molar refractivity (Wildman–Crippen MR) is 93.7 cm³/mol. The van der Waals surface area contributed by atoms with Gasteiger partial charge in [0, 0.05) is 5.41 Å². The Hall–Kier alpha value is -1.82. The average molecular weight is 288 g/mol. The van der Waals surface area contributed by atoms with Crippen LogP contribution in [0.3, 0.4) is 0 Å². The number of rotatable bonds is 2. The van der Waals surface area contributed by atoms with Crippen molar-refractivity contribution in [2.45, 2.75) is 38.5 Å². The molecule has 1 fully saturated rings. The topological polar surface area (TPSA) is 0 Å². The van der Waals surface area contributed by atoms with Crippen LogP contribution in [0.4, 0.5) is 0 Å². The van der Waals surface area contributed by atoms with Gasteiger partial charge in [0.25, 0.3) is 0 Å². The molecule has 3 atom stereocenters. The highest BCUT2D eigenvalue weighted by molar-refractivity contribution is 5.76. The first kappa shape index (κ1) is 13.8. The molecular formula is C22H24. The second kappa shape index (κ2) is 5.12. The van der Waals surface area contributed by atoms with Crippen LogP contribution in [0.2, 0.25) is 0 Å². The molecule has 0 bridgehead atoms. The molecule has 2 aromatic rings. The van der Waals surface area contributed by atoms with Gasteiger partial charge in [-0.25, -0.2) is 0 Å². The van der Waals surface area contributed by atoms with Crippen molar-refractivity contribution in [3.05, 3.63) is 77.4 Å². The number of fused-ring (bicyclic) bond motifs is 1. The van der Waals surface area contributed by atoms with Gasteiger partial charge in [-0.15, -0.1) is 0 Å². The minimum Gasteiger partial charge on any atom is -0.0622 e. The molecule has 22 heavy (non-hydrogen) atoms. The van der Waals surface area contributed by atoms with Crippen molar-refractivity contribution in [1.29, 1.82) is 0 Å². The van der Waals surface area contributed by atoms with Crippen LogP contribution in [-0.4, -0.2) is 0 Å². The Bertz CT molecular complexity index is 695. The minimum atomic E-state index is 0.202. The summed E-state index contributed by atoms with van der Waals surface area (Å²) in [6.07, 6.45) is 4.10. The maximum Gasteiger partial charge on any atom is 0.0171 e. The molecule has 112 valence electrons. The smallest absolute Gasteiger partial charge is 0.0171 e. The molecule has 0 unspecified atom stereocenters. The SMILES string of the molecule is CC1=C(c2ccccc2)[C@H]2CCC[C@H]2[C@@]1(C)c1ccccc1. The van der Waals surface area contributed by atoms with Gasteiger partial charge in [-0.05, 0) is 48.3 Å². The van der Waals surface area contributed by atoms with Crippen molar-refractivity contribution in [3.8, 4) is 0 Å². The summed E-state index contributed by atoms with van der Waals surface area (Å²) in [5, 5.41) is 0. The van der Waals surface area contributed by atoms with Crippen LogP contribution in [0.15, 0.2) is 66.2 Å². The highest BCUT2D eigenvalue weighted by Gasteiger charge is 2.51. The molecule has 2 aromatic carbocycles. The van der Waals surface area contributed by atoms with Gasteiger partial charge in [-0.1, -0.05) is 79.6 Å². The Balaban J connectivity index is 1.91. The standard InChI is InChI=1S/C22H24/c1-16-21(17-10-5-3-6-11-17)19-14-9-15-20(19)22(16,2)18-12-7-4-8-13-18/h3-8,10-13,19-20H,9,14-15H2,1-2H3/t19-,20+,22+/m0/s1. The van der Waals surface area contributed by atoms with Crippen molar-refractivity contribution >= 4 is 5.57 Å². The number of allylic oxidation sites excluding steroid dienone is 2. The maximum atomic E-state index is 2.48. The molecule has 0 N–H and O–H groups in total. The quantitative estimate of drug-likeness (QED) is 0.650. The normalized spacial score (nSPS) is 30.6. The van der Waals surface area contributed by atoms with Crippen LogP contribution < -0.4 is 0 Å². The zero-order valence-corrected chi connectivity index (χ0v) is 13.5. The lowest BCUT2D eigenvalue weighted by Gasteiger charge is -2.34. The lowest BCUT2D eigenvalue weighted by molar-refractivity contribution is 0.336. The first-order valence-corrected chi connectivity index (χ1v) is 8.55. The maximum absolute atomic E-state index is 2.48. The fraction of sp³-hybridized carbons (Fsp3) is 0.364. The Kier molecular flexibility index (Phi) is 3.22. The summed E-state index contributed by atoms with van der Waals surface area (Å²) in [5.41, 5.74) is 6.37. The van der Waals surface area contributed by atoms with Gasteiger partial charge in [-0.3, -0.25) is 0 Å². The Morgan fingerprint density at radius 3 is 2.18 bits per heavy atom. The van der Waals surface area contributed by atoms with Crippen LogP contribution in [-0.2, 0) is 5.41 Å². The monoisotopic (exact) mass is 288 g/mol. The van der Waals surface area contributed by atoms with E-state index in [0.29, 0.717) is 0 Å². The number of benzene rings is 2. The van der Waals surface area contributed by atoms with Gasteiger partial charge in [0.2, 0.25) is 0 Å². The van der Waals surface area contributed by atoms with Crippen LogP contribution in [0.5, 0.6) is 0 Å². The van der Waals surface area contributed by atoms with Gasteiger partial charge in [0.15, 0.2) is 0 Å². The molecule has 0 radical (unpaired) electrons. The van der Waals surface area contributed by atoms with Gasteiger partial charge < -0.3 is 0 Å². The number of hydrogen-bond donors (Lipinski definition) is 0. The first-order chi connectivity index (χ1) is 10.7. The van der Waals surface area contributed by atoms with E-state index < -0.39 is 0 Å². The fourth-order valence-electron chi connectivity index (χ4n) is 5.10. The molecule has 1 saturated carbocycles. The molecule has 0 heterocycles. The highest BCUT2D eigenvalue weighted by atomic mass is 14.5. The van der Waals surface area contributed by atoms with Gasteiger partial charge in [-0.2, -0.15) is 0 Å². The summed E-state index contributed by atoms with van der Waals surface area (Å²) in [6.45, 7) is 4.87. The van der Waals surface area contributed by atoms with E-state index >= 15 is 0 Å². The molecule has 0 aliphatic heterocycles. The summed E-state index contributed by atoms with van der Waals surface area (Å²) in [5.74, 6) is 1.51. The summed E-state index contributed by atoms with van der Waals surface area (Å²) in [6, 6.07) is 22.2. The van der Waals surface area contributed by atoms with E-state index in [1.165, 1.54) is 30.4 Å². The first-order valence-electron chi connectivity index (χ1n) is 8.55. The summed E-state index contributed by atoms with van der Waals surface area (Å²) in [7, 11) is 0. The molecule has 0 saturated heterocycles. The Morgan fingerprint density at radius 2 is 1.50 bits per heavy atom. The molecule has 0 amide bonds. The van der Waals surface area contributed by atoms with E-state index in [1.807, 2.05) is 0 Å². The second-order valence-electron chi connectivity index (χ2n) is 7.12. The molecule has 0 nitrogen and oxygen atoms in total. The lowest BCUT2D eigenvalue weighted by Crippen LogP contribution is -2.30. The molecular weight excluding hydrogens is 264 g/mol. The van der Waals surface area contributed by atoms with E-state index in [9.17, 15) is 0 Å². The molecule has 0 heteroatoms. The summed E-state index contributed by atoms with van der Waals surface area (Å²) < 4.78 is 0. The molecule has 2 aliphatic carbocycles. The molecule has 2 aliphatic rings. The molecule has 0 aromatic heterocycles. The van der Waals surface area contributed by atoms with E-state index in [1.54, 1.807) is 11.1 Å². The van der Waals surface area contributed by atoms with Crippen LogP contribution in [0.25, 0.3) is 5.57 Å².